The summed E-state index contributed by atoms with van der Waals surface area (Å²) in [6.45, 7) is 2.87. The van der Waals surface area contributed by atoms with Gasteiger partial charge in [-0.1, -0.05) is 6.07 Å². The van der Waals surface area contributed by atoms with Crippen LogP contribution in [0.15, 0.2) is 18.3 Å². The van der Waals surface area contributed by atoms with E-state index >= 15 is 0 Å². The molecule has 3 heterocycles. The Morgan fingerprint density at radius 3 is 2.95 bits per heavy atom. The van der Waals surface area contributed by atoms with Gasteiger partial charge in [0.1, 0.15) is 0 Å². The summed E-state index contributed by atoms with van der Waals surface area (Å²) in [6.07, 6.45) is 6.15. The number of carbonyl (C=O) groups is 1. The van der Waals surface area contributed by atoms with Crippen LogP contribution in [-0.2, 0) is 11.3 Å². The van der Waals surface area contributed by atoms with E-state index < -0.39 is 0 Å². The van der Waals surface area contributed by atoms with Crippen molar-refractivity contribution in [2.45, 2.75) is 44.3 Å². The number of likely N-dealkylation sites (tertiary alicyclic amines) is 2. The summed E-state index contributed by atoms with van der Waals surface area (Å²) < 4.78 is 5.35. The first-order valence-electron chi connectivity index (χ1n) is 8.27. The van der Waals surface area contributed by atoms with Gasteiger partial charge in [0.15, 0.2) is 0 Å². The van der Waals surface area contributed by atoms with E-state index in [2.05, 4.69) is 20.9 Å². The molecule has 1 aromatic rings. The highest BCUT2D eigenvalue weighted by Crippen LogP contribution is 2.38. The monoisotopic (exact) mass is 301 g/mol. The zero-order chi connectivity index (χ0) is 15.1. The number of fused-ring (bicyclic) bond motifs is 1. The summed E-state index contributed by atoms with van der Waals surface area (Å²) in [5.41, 5.74) is 1.11. The minimum Gasteiger partial charge on any atom is -0.481 e. The molecule has 118 valence electrons. The number of ether oxygens (including phenoxy) is 1. The molecule has 1 aromatic heterocycles. The van der Waals surface area contributed by atoms with E-state index in [0.29, 0.717) is 30.3 Å². The van der Waals surface area contributed by atoms with Crippen LogP contribution in [0.4, 0.5) is 0 Å². The Balaban J connectivity index is 1.47. The number of aromatic nitrogens is 1. The molecule has 5 heteroatoms. The number of rotatable bonds is 5. The standard InChI is InChI=1S/C17H23N3O2/c1-22-17-13(3-2-7-18-17)11-19-8-6-14-15(19)9-16(21)20(14)10-12-4-5-12/h2-3,7,12,14-15H,4-6,8-11H2,1H3/t14-,15+/m1/s1. The lowest BCUT2D eigenvalue weighted by Gasteiger charge is -2.25. The molecule has 0 unspecified atom stereocenters. The summed E-state index contributed by atoms with van der Waals surface area (Å²) in [5, 5.41) is 0. The van der Waals surface area contributed by atoms with Crippen LogP contribution in [-0.4, -0.2) is 53.0 Å². The van der Waals surface area contributed by atoms with Crippen molar-refractivity contribution in [3.63, 3.8) is 0 Å². The minimum atomic E-state index is 0.352. The third kappa shape index (κ3) is 2.47. The van der Waals surface area contributed by atoms with Crippen LogP contribution < -0.4 is 4.74 Å². The molecule has 0 N–H and O–H groups in total. The van der Waals surface area contributed by atoms with Gasteiger partial charge in [-0.2, -0.15) is 0 Å². The molecular formula is C17H23N3O2. The van der Waals surface area contributed by atoms with Crippen LogP contribution in [0.5, 0.6) is 5.88 Å². The van der Waals surface area contributed by atoms with Gasteiger partial charge in [-0.25, -0.2) is 4.98 Å². The second-order valence-electron chi connectivity index (χ2n) is 6.76. The zero-order valence-electron chi connectivity index (χ0n) is 13.1. The number of carbonyl (C=O) groups excluding carboxylic acids is 1. The summed E-state index contributed by atoms with van der Waals surface area (Å²) in [6, 6.07) is 4.81. The van der Waals surface area contributed by atoms with Crippen molar-refractivity contribution in [1.29, 1.82) is 0 Å². The molecule has 0 spiro atoms. The second-order valence-corrected chi connectivity index (χ2v) is 6.76. The summed E-state index contributed by atoms with van der Waals surface area (Å²) in [5.74, 6) is 1.82. The molecule has 4 rings (SSSR count). The maximum Gasteiger partial charge on any atom is 0.224 e. The Bertz CT molecular complexity index is 573. The highest BCUT2D eigenvalue weighted by molar-refractivity contribution is 5.80. The number of hydrogen-bond acceptors (Lipinski definition) is 4. The molecule has 3 fully saturated rings. The van der Waals surface area contributed by atoms with Gasteiger partial charge in [-0.15, -0.1) is 0 Å². The van der Waals surface area contributed by atoms with Gasteiger partial charge in [0.25, 0.3) is 0 Å². The number of methoxy groups -OCH3 is 1. The molecule has 3 aliphatic rings. The van der Waals surface area contributed by atoms with Crippen LogP contribution in [0.1, 0.15) is 31.2 Å². The molecule has 1 amide bonds. The quantitative estimate of drug-likeness (QED) is 0.830. The maximum absolute atomic E-state index is 12.3. The summed E-state index contributed by atoms with van der Waals surface area (Å²) in [7, 11) is 1.66. The molecule has 0 aromatic carbocycles. The molecule has 22 heavy (non-hydrogen) atoms. The van der Waals surface area contributed by atoms with Crippen LogP contribution in [0.3, 0.4) is 0 Å². The molecule has 1 aliphatic carbocycles. The molecule has 2 atom stereocenters. The van der Waals surface area contributed by atoms with Crippen molar-refractivity contribution in [3.05, 3.63) is 23.9 Å². The molecule has 2 aliphatic heterocycles. The van der Waals surface area contributed by atoms with Gasteiger partial charge < -0.3 is 9.64 Å². The van der Waals surface area contributed by atoms with Crippen molar-refractivity contribution >= 4 is 5.91 Å². The Labute approximate surface area is 131 Å². The van der Waals surface area contributed by atoms with E-state index in [1.54, 1.807) is 13.3 Å². The third-order valence-electron chi connectivity index (χ3n) is 5.30. The van der Waals surface area contributed by atoms with Gasteiger partial charge in [-0.05, 0) is 31.2 Å². The average molecular weight is 301 g/mol. The summed E-state index contributed by atoms with van der Waals surface area (Å²) >= 11 is 0. The van der Waals surface area contributed by atoms with Gasteiger partial charge in [0.2, 0.25) is 11.8 Å². The molecule has 0 bridgehead atoms. The first-order chi connectivity index (χ1) is 10.8. The van der Waals surface area contributed by atoms with Crippen molar-refractivity contribution < 1.29 is 9.53 Å². The van der Waals surface area contributed by atoms with Crippen molar-refractivity contribution in [2.75, 3.05) is 20.2 Å². The predicted molar refractivity (Wildman–Crippen MR) is 82.4 cm³/mol. The summed E-state index contributed by atoms with van der Waals surface area (Å²) in [4.78, 5) is 21.2. The first kappa shape index (κ1) is 14.0. The molecule has 2 saturated heterocycles. The van der Waals surface area contributed by atoms with E-state index in [1.165, 1.54) is 12.8 Å². The normalized spacial score (nSPS) is 28.2. The van der Waals surface area contributed by atoms with Crippen LogP contribution in [0.2, 0.25) is 0 Å². The van der Waals surface area contributed by atoms with E-state index in [4.69, 9.17) is 4.74 Å². The van der Waals surface area contributed by atoms with E-state index in [9.17, 15) is 4.79 Å². The third-order valence-corrected chi connectivity index (χ3v) is 5.30. The van der Waals surface area contributed by atoms with Gasteiger partial charge in [-0.3, -0.25) is 9.69 Å². The Kier molecular flexibility index (Phi) is 3.53. The second kappa shape index (κ2) is 5.54. The van der Waals surface area contributed by atoms with Gasteiger partial charge in [0, 0.05) is 49.9 Å². The minimum absolute atomic E-state index is 0.352. The molecule has 0 radical (unpaired) electrons. The number of hydrogen-bond donors (Lipinski definition) is 0. The van der Waals surface area contributed by atoms with Crippen LogP contribution in [0, 0.1) is 5.92 Å². The van der Waals surface area contributed by atoms with E-state index in [0.717, 1.165) is 37.5 Å². The van der Waals surface area contributed by atoms with Crippen molar-refractivity contribution in [2.24, 2.45) is 5.92 Å². The lowest BCUT2D eigenvalue weighted by molar-refractivity contribution is -0.129. The van der Waals surface area contributed by atoms with Crippen molar-refractivity contribution in [3.8, 4) is 5.88 Å². The molecular weight excluding hydrogens is 278 g/mol. The fourth-order valence-corrected chi connectivity index (χ4v) is 3.97. The van der Waals surface area contributed by atoms with Crippen LogP contribution in [0.25, 0.3) is 0 Å². The number of amides is 1. The van der Waals surface area contributed by atoms with E-state index in [1.807, 2.05) is 6.07 Å². The van der Waals surface area contributed by atoms with Gasteiger partial charge in [0.05, 0.1) is 7.11 Å². The van der Waals surface area contributed by atoms with Crippen LogP contribution >= 0.6 is 0 Å². The topological polar surface area (TPSA) is 45.7 Å². The maximum atomic E-state index is 12.3. The smallest absolute Gasteiger partial charge is 0.224 e. The Hall–Kier alpha value is -1.62. The Morgan fingerprint density at radius 2 is 2.18 bits per heavy atom. The van der Waals surface area contributed by atoms with E-state index in [-0.39, 0.29) is 0 Å². The lowest BCUT2D eigenvalue weighted by Crippen LogP contribution is -2.38. The Morgan fingerprint density at radius 1 is 1.32 bits per heavy atom. The lowest BCUT2D eigenvalue weighted by atomic mass is 10.1. The SMILES string of the molecule is COc1ncccc1CN1CC[C@@H]2[C@@H]1CC(=O)N2CC1CC1. The molecule has 5 nitrogen and oxygen atoms in total. The fraction of sp³-hybridized carbons (Fsp3) is 0.647. The van der Waals surface area contributed by atoms with Crippen molar-refractivity contribution in [1.82, 2.24) is 14.8 Å². The van der Waals surface area contributed by atoms with Gasteiger partial charge >= 0.3 is 0 Å². The number of nitrogens with zero attached hydrogens (tertiary/aromatic N) is 3. The largest absolute Gasteiger partial charge is 0.481 e. The fourth-order valence-electron chi connectivity index (χ4n) is 3.97. The first-order valence-corrected chi connectivity index (χ1v) is 8.27. The number of pyridine rings is 1. The average Bonchev–Trinajstić information content (AvgIpc) is 3.20. The predicted octanol–water partition coefficient (Wildman–Crippen LogP) is 1.68. The molecule has 1 saturated carbocycles. The highest BCUT2D eigenvalue weighted by atomic mass is 16.5. The highest BCUT2D eigenvalue weighted by Gasteiger charge is 2.47. The zero-order valence-corrected chi connectivity index (χ0v) is 13.1.